The Balaban J connectivity index is 1.44. The zero-order chi connectivity index (χ0) is 23.8. The summed E-state index contributed by atoms with van der Waals surface area (Å²) in [6, 6.07) is 0. The number of phenols is 1. The molecule has 0 saturated carbocycles. The predicted molar refractivity (Wildman–Crippen MR) is 126 cm³/mol. The van der Waals surface area contributed by atoms with Gasteiger partial charge in [-0.05, 0) is 77.6 Å². The van der Waals surface area contributed by atoms with E-state index in [1.807, 2.05) is 19.9 Å². The van der Waals surface area contributed by atoms with Gasteiger partial charge in [0.1, 0.15) is 23.7 Å². The molecule has 182 valence electrons. The molecule has 1 saturated heterocycles. The van der Waals surface area contributed by atoms with Crippen molar-refractivity contribution in [2.24, 2.45) is 0 Å². The van der Waals surface area contributed by atoms with Gasteiger partial charge in [0.2, 0.25) is 0 Å². The average Bonchev–Trinajstić information content (AvgIpc) is 3.21. The fourth-order valence-electron chi connectivity index (χ4n) is 4.58. The van der Waals surface area contributed by atoms with E-state index in [1.54, 1.807) is 7.11 Å². The molecule has 2 aliphatic heterocycles. The van der Waals surface area contributed by atoms with Gasteiger partial charge in [-0.25, -0.2) is 4.79 Å². The van der Waals surface area contributed by atoms with Crippen molar-refractivity contribution in [1.29, 1.82) is 0 Å². The van der Waals surface area contributed by atoms with Gasteiger partial charge in [-0.15, -0.1) is 0 Å². The Morgan fingerprint density at radius 1 is 1.18 bits per heavy atom. The normalized spacial score (nSPS) is 16.5. The summed E-state index contributed by atoms with van der Waals surface area (Å²) in [7, 11) is 1.55. The molecule has 1 N–H and O–H groups in total. The molecule has 1 aromatic rings. The van der Waals surface area contributed by atoms with E-state index in [9.17, 15) is 14.7 Å². The van der Waals surface area contributed by atoms with Crippen LogP contribution >= 0.6 is 0 Å². The standard InChI is InChI=1S/C26H37NO6/c1-18(10-12-22(28)32-16-8-7-15-27-13-5-4-6-14-27)9-11-20-24(29)23-21(17-33-26(23)30)19(2)25(20)31-3/h9,29H,4-8,10-17H2,1-3H3. The molecule has 0 radical (unpaired) electrons. The highest BCUT2D eigenvalue weighted by Gasteiger charge is 2.31. The van der Waals surface area contributed by atoms with Crippen molar-refractivity contribution in [3.05, 3.63) is 33.9 Å². The van der Waals surface area contributed by atoms with Gasteiger partial charge in [-0.1, -0.05) is 18.1 Å². The van der Waals surface area contributed by atoms with Gasteiger partial charge in [0.05, 0.1) is 13.7 Å². The summed E-state index contributed by atoms with van der Waals surface area (Å²) in [6.45, 7) is 7.93. The number of methoxy groups -OCH3 is 1. The fourth-order valence-corrected chi connectivity index (χ4v) is 4.58. The van der Waals surface area contributed by atoms with Crippen molar-refractivity contribution in [2.45, 2.75) is 71.8 Å². The number of hydrogen-bond acceptors (Lipinski definition) is 7. The summed E-state index contributed by atoms with van der Waals surface area (Å²) in [5, 5.41) is 10.7. The quantitative estimate of drug-likeness (QED) is 0.297. The molecule has 2 heterocycles. The van der Waals surface area contributed by atoms with Crippen LogP contribution in [0.25, 0.3) is 0 Å². The Kier molecular flexibility index (Phi) is 9.18. The molecule has 0 amide bonds. The van der Waals surface area contributed by atoms with Crippen molar-refractivity contribution >= 4 is 11.9 Å². The molecule has 1 aromatic carbocycles. The maximum Gasteiger partial charge on any atom is 0.342 e. The molecule has 0 spiro atoms. The molecule has 7 nitrogen and oxygen atoms in total. The molecule has 0 unspecified atom stereocenters. The number of aromatic hydroxyl groups is 1. The molecule has 3 rings (SSSR count). The lowest BCUT2D eigenvalue weighted by Crippen LogP contribution is -2.30. The van der Waals surface area contributed by atoms with E-state index in [2.05, 4.69) is 4.90 Å². The lowest BCUT2D eigenvalue weighted by atomic mass is 9.94. The number of hydrogen-bond donors (Lipinski definition) is 1. The van der Waals surface area contributed by atoms with E-state index >= 15 is 0 Å². The third-order valence-electron chi connectivity index (χ3n) is 6.61. The highest BCUT2D eigenvalue weighted by molar-refractivity contribution is 5.98. The Morgan fingerprint density at radius 3 is 2.67 bits per heavy atom. The molecule has 2 aliphatic rings. The van der Waals surface area contributed by atoms with Crippen molar-refractivity contribution in [1.82, 2.24) is 4.90 Å². The van der Waals surface area contributed by atoms with Gasteiger partial charge in [-0.3, -0.25) is 4.79 Å². The monoisotopic (exact) mass is 459 g/mol. The number of carbonyl (C=O) groups is 2. The molecule has 33 heavy (non-hydrogen) atoms. The van der Waals surface area contributed by atoms with Crippen LogP contribution in [0.1, 0.15) is 78.9 Å². The van der Waals surface area contributed by atoms with Gasteiger partial charge < -0.3 is 24.2 Å². The largest absolute Gasteiger partial charge is 0.507 e. The summed E-state index contributed by atoms with van der Waals surface area (Å²) in [4.78, 5) is 26.6. The van der Waals surface area contributed by atoms with Crippen LogP contribution in [-0.2, 0) is 27.3 Å². The fraction of sp³-hybridized carbons (Fsp3) is 0.615. The maximum absolute atomic E-state index is 12.1. The third-order valence-corrected chi connectivity index (χ3v) is 6.61. The smallest absolute Gasteiger partial charge is 0.342 e. The second-order valence-corrected chi connectivity index (χ2v) is 9.00. The van der Waals surface area contributed by atoms with E-state index in [0.717, 1.165) is 30.5 Å². The molecule has 0 aliphatic carbocycles. The van der Waals surface area contributed by atoms with Gasteiger partial charge >= 0.3 is 11.9 Å². The number of unbranched alkanes of at least 4 members (excludes halogenated alkanes) is 1. The van der Waals surface area contributed by atoms with Crippen molar-refractivity contribution in [3.63, 3.8) is 0 Å². The number of fused-ring (bicyclic) bond motifs is 1. The van der Waals surface area contributed by atoms with E-state index in [0.29, 0.717) is 42.7 Å². The predicted octanol–water partition coefficient (Wildman–Crippen LogP) is 4.46. The van der Waals surface area contributed by atoms with Crippen molar-refractivity contribution in [3.8, 4) is 11.5 Å². The van der Waals surface area contributed by atoms with Crippen molar-refractivity contribution in [2.75, 3.05) is 33.4 Å². The first kappa shape index (κ1) is 25.1. The van der Waals surface area contributed by atoms with E-state index in [-0.39, 0.29) is 23.9 Å². The zero-order valence-electron chi connectivity index (χ0n) is 20.2. The molecular weight excluding hydrogens is 422 g/mol. The zero-order valence-corrected chi connectivity index (χ0v) is 20.2. The number of piperidine rings is 1. The van der Waals surface area contributed by atoms with Crippen LogP contribution in [-0.4, -0.2) is 55.3 Å². The highest BCUT2D eigenvalue weighted by atomic mass is 16.5. The summed E-state index contributed by atoms with van der Waals surface area (Å²) in [5.41, 5.74) is 3.29. The first-order chi connectivity index (χ1) is 15.9. The van der Waals surface area contributed by atoms with Crippen molar-refractivity contribution < 1.29 is 28.9 Å². The summed E-state index contributed by atoms with van der Waals surface area (Å²) < 4.78 is 16.0. The molecule has 0 atom stereocenters. The number of benzene rings is 1. The first-order valence-corrected chi connectivity index (χ1v) is 12.0. The van der Waals surface area contributed by atoms with E-state index in [1.165, 1.54) is 32.4 Å². The number of esters is 2. The minimum atomic E-state index is -0.506. The second-order valence-electron chi connectivity index (χ2n) is 9.00. The molecule has 7 heteroatoms. The van der Waals surface area contributed by atoms with Crippen LogP contribution in [0.5, 0.6) is 11.5 Å². The van der Waals surface area contributed by atoms with Gasteiger partial charge in [-0.2, -0.15) is 0 Å². The summed E-state index contributed by atoms with van der Waals surface area (Å²) in [6.07, 6.45) is 9.16. The number of allylic oxidation sites excluding steroid dienone is 2. The van der Waals surface area contributed by atoms with Crippen LogP contribution < -0.4 is 4.74 Å². The second kappa shape index (κ2) is 12.1. The maximum atomic E-state index is 12.1. The number of phenolic OH excluding ortho intramolecular Hbond substituents is 1. The van der Waals surface area contributed by atoms with E-state index in [4.69, 9.17) is 14.2 Å². The van der Waals surface area contributed by atoms with Crippen LogP contribution in [0.15, 0.2) is 11.6 Å². The lowest BCUT2D eigenvalue weighted by molar-refractivity contribution is -0.143. The minimum absolute atomic E-state index is 0.0806. The number of carbonyl (C=O) groups excluding carboxylic acids is 2. The van der Waals surface area contributed by atoms with Gasteiger partial charge in [0.15, 0.2) is 0 Å². The van der Waals surface area contributed by atoms with Crippen LogP contribution in [0.4, 0.5) is 0 Å². The van der Waals surface area contributed by atoms with Crippen LogP contribution in [0, 0.1) is 6.92 Å². The molecule has 0 bridgehead atoms. The summed E-state index contributed by atoms with van der Waals surface area (Å²) in [5.74, 6) is -0.202. The summed E-state index contributed by atoms with van der Waals surface area (Å²) >= 11 is 0. The van der Waals surface area contributed by atoms with Gasteiger partial charge in [0, 0.05) is 17.5 Å². The third kappa shape index (κ3) is 6.50. The number of nitrogens with zero attached hydrogens (tertiary/aromatic N) is 1. The topological polar surface area (TPSA) is 85.3 Å². The van der Waals surface area contributed by atoms with Crippen LogP contribution in [0.3, 0.4) is 0 Å². The average molecular weight is 460 g/mol. The van der Waals surface area contributed by atoms with E-state index < -0.39 is 5.97 Å². The van der Waals surface area contributed by atoms with Gasteiger partial charge in [0.25, 0.3) is 0 Å². The van der Waals surface area contributed by atoms with Crippen LogP contribution in [0.2, 0.25) is 0 Å². The Hall–Kier alpha value is -2.54. The number of likely N-dealkylation sites (tertiary alicyclic amines) is 1. The Morgan fingerprint density at radius 2 is 1.94 bits per heavy atom. The molecule has 0 aromatic heterocycles. The molecule has 1 fully saturated rings. The Bertz CT molecular complexity index is 886. The first-order valence-electron chi connectivity index (χ1n) is 12.0. The highest BCUT2D eigenvalue weighted by Crippen LogP contribution is 2.42. The number of cyclic esters (lactones) is 1. The number of rotatable bonds is 11. The molecular formula is C26H37NO6. The number of ether oxygens (including phenoxy) is 3. The minimum Gasteiger partial charge on any atom is -0.507 e. The lowest BCUT2D eigenvalue weighted by Gasteiger charge is -2.26. The Labute approximate surface area is 196 Å². The SMILES string of the molecule is COc1c(C)c2c(c(O)c1CC=C(C)CCC(=O)OCCCCN1CCCCC1)C(=O)OC2.